The number of hydrogen-bond acceptors (Lipinski definition) is 7. The number of nitro groups is 1. The first-order valence-electron chi connectivity index (χ1n) is 7.38. The molecule has 0 saturated carbocycles. The van der Waals surface area contributed by atoms with Crippen molar-refractivity contribution in [3.8, 4) is 17.1 Å². The summed E-state index contributed by atoms with van der Waals surface area (Å²) in [4.78, 5) is 22.8. The molecule has 0 bridgehead atoms. The fourth-order valence-corrected chi connectivity index (χ4v) is 2.80. The zero-order chi connectivity index (χ0) is 18.5. The van der Waals surface area contributed by atoms with E-state index in [-0.39, 0.29) is 11.6 Å². The number of methoxy groups -OCH3 is 1. The number of hydrogen-bond donors (Lipinski definition) is 1. The molecule has 2 heterocycles. The molecule has 9 heteroatoms. The summed E-state index contributed by atoms with van der Waals surface area (Å²) in [6, 6.07) is 11.0. The molecule has 0 fully saturated rings. The van der Waals surface area contributed by atoms with Crippen molar-refractivity contribution >= 4 is 29.1 Å². The third kappa shape index (κ3) is 3.78. The van der Waals surface area contributed by atoms with Crippen molar-refractivity contribution in [1.29, 1.82) is 0 Å². The van der Waals surface area contributed by atoms with Crippen molar-refractivity contribution in [3.63, 3.8) is 0 Å². The van der Waals surface area contributed by atoms with Crippen molar-refractivity contribution in [1.82, 2.24) is 5.43 Å². The van der Waals surface area contributed by atoms with Crippen LogP contribution in [0.25, 0.3) is 11.3 Å². The maximum atomic E-state index is 11.8. The summed E-state index contributed by atoms with van der Waals surface area (Å²) < 4.78 is 10.8. The van der Waals surface area contributed by atoms with Gasteiger partial charge in [-0.25, -0.2) is 5.43 Å². The largest absolute Gasteiger partial charge is 0.496 e. The fraction of sp³-hybridized carbons (Fsp3) is 0.0588. The summed E-state index contributed by atoms with van der Waals surface area (Å²) >= 11 is 1.31. The van der Waals surface area contributed by atoms with Gasteiger partial charge in [-0.1, -0.05) is 6.07 Å². The minimum absolute atomic E-state index is 0.0735. The molecule has 0 radical (unpaired) electrons. The Morgan fingerprint density at radius 1 is 1.35 bits per heavy atom. The van der Waals surface area contributed by atoms with Crippen LogP contribution in [0, 0.1) is 10.1 Å². The van der Waals surface area contributed by atoms with Crippen molar-refractivity contribution in [2.45, 2.75) is 0 Å². The van der Waals surface area contributed by atoms with Gasteiger partial charge in [0, 0.05) is 12.1 Å². The molecule has 3 aromatic rings. The van der Waals surface area contributed by atoms with Crippen LogP contribution in [0.15, 0.2) is 57.4 Å². The number of nitro benzene ring substituents is 1. The number of non-ortho nitro benzene ring substituents is 1. The Morgan fingerprint density at radius 2 is 2.19 bits per heavy atom. The van der Waals surface area contributed by atoms with E-state index in [9.17, 15) is 14.9 Å². The number of nitrogens with zero attached hydrogens (tertiary/aromatic N) is 2. The van der Waals surface area contributed by atoms with Crippen molar-refractivity contribution < 1.29 is 18.9 Å². The molecule has 1 aromatic carbocycles. The van der Waals surface area contributed by atoms with Gasteiger partial charge in [0.25, 0.3) is 11.6 Å². The van der Waals surface area contributed by atoms with Crippen LogP contribution in [0.3, 0.4) is 0 Å². The average molecular weight is 371 g/mol. The van der Waals surface area contributed by atoms with Crippen LogP contribution in [0.4, 0.5) is 5.69 Å². The van der Waals surface area contributed by atoms with E-state index in [1.54, 1.807) is 29.6 Å². The van der Waals surface area contributed by atoms with Crippen LogP contribution < -0.4 is 10.2 Å². The Labute approximate surface area is 151 Å². The van der Waals surface area contributed by atoms with Gasteiger partial charge in [-0.3, -0.25) is 14.9 Å². The van der Waals surface area contributed by atoms with Crippen LogP contribution in [-0.4, -0.2) is 24.2 Å². The van der Waals surface area contributed by atoms with Crippen molar-refractivity contribution in [3.05, 3.63) is 68.6 Å². The highest BCUT2D eigenvalue weighted by Crippen LogP contribution is 2.34. The molecule has 0 unspecified atom stereocenters. The molecule has 2 aromatic heterocycles. The zero-order valence-electron chi connectivity index (χ0n) is 13.5. The van der Waals surface area contributed by atoms with E-state index in [2.05, 4.69) is 10.5 Å². The number of carbonyl (C=O) groups is 1. The zero-order valence-corrected chi connectivity index (χ0v) is 14.4. The summed E-state index contributed by atoms with van der Waals surface area (Å²) in [5, 5.41) is 16.6. The van der Waals surface area contributed by atoms with E-state index in [1.807, 2.05) is 0 Å². The Morgan fingerprint density at radius 3 is 2.88 bits per heavy atom. The Hall–Kier alpha value is -3.46. The lowest BCUT2D eigenvalue weighted by atomic mass is 10.1. The van der Waals surface area contributed by atoms with Crippen LogP contribution in [-0.2, 0) is 0 Å². The molecule has 132 valence electrons. The second kappa shape index (κ2) is 7.62. The Balaban J connectivity index is 1.77. The van der Waals surface area contributed by atoms with Crippen LogP contribution in [0.5, 0.6) is 5.75 Å². The summed E-state index contributed by atoms with van der Waals surface area (Å²) in [6.07, 6.45) is 1.35. The quantitative estimate of drug-likeness (QED) is 0.404. The second-order valence-electron chi connectivity index (χ2n) is 5.02. The van der Waals surface area contributed by atoms with E-state index in [0.717, 1.165) is 0 Å². The summed E-state index contributed by atoms with van der Waals surface area (Å²) in [5.74, 6) is 0.888. The lowest BCUT2D eigenvalue weighted by Gasteiger charge is -2.05. The van der Waals surface area contributed by atoms with E-state index < -0.39 is 4.92 Å². The van der Waals surface area contributed by atoms with Gasteiger partial charge >= 0.3 is 0 Å². The Bertz CT molecular complexity index is 963. The van der Waals surface area contributed by atoms with Gasteiger partial charge in [-0.2, -0.15) is 5.10 Å². The number of furan rings is 1. The number of rotatable bonds is 6. The minimum Gasteiger partial charge on any atom is -0.496 e. The molecule has 0 aliphatic rings. The monoisotopic (exact) mass is 371 g/mol. The first-order valence-corrected chi connectivity index (χ1v) is 8.26. The number of nitrogens with one attached hydrogen (secondary N) is 1. The molecule has 3 rings (SSSR count). The topological polar surface area (TPSA) is 107 Å². The van der Waals surface area contributed by atoms with Gasteiger partial charge in [0.1, 0.15) is 17.3 Å². The highest BCUT2D eigenvalue weighted by atomic mass is 32.1. The molecular weight excluding hydrogens is 358 g/mol. The molecule has 0 saturated heterocycles. The number of benzene rings is 1. The van der Waals surface area contributed by atoms with E-state index >= 15 is 0 Å². The predicted molar refractivity (Wildman–Crippen MR) is 96.7 cm³/mol. The summed E-state index contributed by atoms with van der Waals surface area (Å²) in [5.41, 5.74) is 2.77. The maximum Gasteiger partial charge on any atom is 0.281 e. The standard InChI is InChI=1S/C17H13N3O5S/c1-24-14-6-4-11(20(22)23)9-13(14)15-7-5-12(25-15)10-18-19-17(21)16-3-2-8-26-16/h2-10H,1H3,(H,19,21). The molecule has 0 spiro atoms. The molecule has 1 N–H and O–H groups in total. The molecule has 0 atom stereocenters. The number of hydrazone groups is 1. The highest BCUT2D eigenvalue weighted by molar-refractivity contribution is 7.12. The van der Waals surface area contributed by atoms with Gasteiger partial charge in [0.05, 0.1) is 28.7 Å². The van der Waals surface area contributed by atoms with Crippen LogP contribution in [0.1, 0.15) is 15.4 Å². The van der Waals surface area contributed by atoms with Gasteiger partial charge in [-0.15, -0.1) is 11.3 Å². The summed E-state index contributed by atoms with van der Waals surface area (Å²) in [7, 11) is 1.47. The van der Waals surface area contributed by atoms with Crippen LogP contribution >= 0.6 is 11.3 Å². The number of ether oxygens (including phenoxy) is 1. The number of amides is 1. The molecule has 8 nitrogen and oxygen atoms in total. The second-order valence-corrected chi connectivity index (χ2v) is 5.97. The number of carbonyl (C=O) groups excluding carboxylic acids is 1. The van der Waals surface area contributed by atoms with E-state index in [0.29, 0.717) is 27.7 Å². The first kappa shape index (κ1) is 17.4. The predicted octanol–water partition coefficient (Wildman–Crippen LogP) is 3.69. The first-order chi connectivity index (χ1) is 12.6. The smallest absolute Gasteiger partial charge is 0.281 e. The van der Waals surface area contributed by atoms with Crippen LogP contribution in [0.2, 0.25) is 0 Å². The molecule has 1 amide bonds. The molecule has 26 heavy (non-hydrogen) atoms. The Kier molecular flexibility index (Phi) is 5.09. The minimum atomic E-state index is -0.492. The third-order valence-electron chi connectivity index (χ3n) is 3.39. The lowest BCUT2D eigenvalue weighted by molar-refractivity contribution is -0.384. The van der Waals surface area contributed by atoms with Crippen molar-refractivity contribution in [2.24, 2.45) is 5.10 Å². The van der Waals surface area contributed by atoms with Gasteiger partial charge in [0.15, 0.2) is 0 Å². The van der Waals surface area contributed by atoms with E-state index in [1.165, 1.54) is 42.9 Å². The third-order valence-corrected chi connectivity index (χ3v) is 4.26. The van der Waals surface area contributed by atoms with Gasteiger partial charge in [-0.05, 0) is 29.6 Å². The highest BCUT2D eigenvalue weighted by Gasteiger charge is 2.15. The molecular formula is C17H13N3O5S. The maximum absolute atomic E-state index is 11.8. The summed E-state index contributed by atoms with van der Waals surface area (Å²) in [6.45, 7) is 0. The molecule has 0 aliphatic carbocycles. The van der Waals surface area contributed by atoms with Gasteiger partial charge in [0.2, 0.25) is 0 Å². The number of thiophene rings is 1. The fourth-order valence-electron chi connectivity index (χ4n) is 2.19. The van der Waals surface area contributed by atoms with Crippen molar-refractivity contribution in [2.75, 3.05) is 7.11 Å². The lowest BCUT2D eigenvalue weighted by Crippen LogP contribution is -2.15. The average Bonchev–Trinajstić information content (AvgIpc) is 3.33. The molecule has 0 aliphatic heterocycles. The van der Waals surface area contributed by atoms with Gasteiger partial charge < -0.3 is 9.15 Å². The van der Waals surface area contributed by atoms with E-state index in [4.69, 9.17) is 9.15 Å². The normalized spacial score (nSPS) is 10.8. The SMILES string of the molecule is COc1ccc([N+](=O)[O-])cc1-c1ccc(C=NNC(=O)c2cccs2)o1.